The zero-order chi connectivity index (χ0) is 14.0. The highest BCUT2D eigenvalue weighted by molar-refractivity contribution is 7.17. The monoisotopic (exact) mass is 295 g/mol. The summed E-state index contributed by atoms with van der Waals surface area (Å²) < 4.78 is 0. The fraction of sp³-hybridized carbons (Fsp3) is 0.231. The molecule has 0 aliphatic heterocycles. The third-order valence-electron chi connectivity index (χ3n) is 2.74. The summed E-state index contributed by atoms with van der Waals surface area (Å²) in [5, 5.41) is 3.93. The van der Waals surface area contributed by atoms with Crippen LogP contribution in [0.4, 0.5) is 5.13 Å². The van der Waals surface area contributed by atoms with Crippen LogP contribution >= 0.6 is 22.9 Å². The predicted octanol–water partition coefficient (Wildman–Crippen LogP) is 3.18. The van der Waals surface area contributed by atoms with Gasteiger partial charge in [-0.2, -0.15) is 0 Å². The Balaban J connectivity index is 2.15. The van der Waals surface area contributed by atoms with Gasteiger partial charge in [0.25, 0.3) is 5.91 Å². The van der Waals surface area contributed by atoms with Crippen LogP contribution in [0, 0.1) is 6.92 Å². The van der Waals surface area contributed by atoms with Gasteiger partial charge >= 0.3 is 0 Å². The first kappa shape index (κ1) is 13.8. The van der Waals surface area contributed by atoms with Crippen LogP contribution in [0.3, 0.4) is 0 Å². The van der Waals surface area contributed by atoms with Crippen LogP contribution in [0.25, 0.3) is 0 Å². The van der Waals surface area contributed by atoms with Crippen LogP contribution < -0.4 is 11.1 Å². The number of rotatable bonds is 3. The van der Waals surface area contributed by atoms with E-state index in [0.717, 1.165) is 5.56 Å². The van der Waals surface area contributed by atoms with E-state index in [9.17, 15) is 4.79 Å². The topological polar surface area (TPSA) is 68.0 Å². The molecule has 0 unspecified atom stereocenters. The molecule has 0 aliphatic rings. The summed E-state index contributed by atoms with van der Waals surface area (Å²) in [6, 6.07) is 7.26. The number of halogens is 1. The molecule has 0 radical (unpaired) electrons. The molecule has 0 saturated heterocycles. The standard InChI is InChI=1S/C13H14ClN3OS/c1-7(9-5-3-4-6-10(9)14)16-12(18)11-8(2)17-13(15)19-11/h3-7H,1-2H3,(H2,15,17)(H,16,18)/t7-/m1/s1. The number of nitrogens with one attached hydrogen (secondary N) is 1. The lowest BCUT2D eigenvalue weighted by molar-refractivity contribution is 0.0943. The van der Waals surface area contributed by atoms with Crippen LogP contribution in [0.15, 0.2) is 24.3 Å². The van der Waals surface area contributed by atoms with Gasteiger partial charge in [-0.25, -0.2) is 4.98 Å². The molecular weight excluding hydrogens is 282 g/mol. The summed E-state index contributed by atoms with van der Waals surface area (Å²) >= 11 is 7.29. The second-order valence-electron chi connectivity index (χ2n) is 4.18. The van der Waals surface area contributed by atoms with Gasteiger partial charge in [0.2, 0.25) is 0 Å². The lowest BCUT2D eigenvalue weighted by atomic mass is 10.1. The van der Waals surface area contributed by atoms with Gasteiger partial charge in [-0.05, 0) is 25.5 Å². The molecule has 0 saturated carbocycles. The number of carbonyl (C=O) groups excluding carboxylic acids is 1. The van der Waals surface area contributed by atoms with E-state index >= 15 is 0 Å². The van der Waals surface area contributed by atoms with Gasteiger partial charge in [-0.1, -0.05) is 41.1 Å². The van der Waals surface area contributed by atoms with Crippen LogP contribution in [-0.2, 0) is 0 Å². The number of aromatic nitrogens is 1. The molecule has 0 fully saturated rings. The third kappa shape index (κ3) is 3.05. The molecule has 3 N–H and O–H groups in total. The van der Waals surface area contributed by atoms with Gasteiger partial charge in [-0.3, -0.25) is 4.79 Å². The highest BCUT2D eigenvalue weighted by atomic mass is 35.5. The summed E-state index contributed by atoms with van der Waals surface area (Å²) in [5.41, 5.74) is 7.12. The average molecular weight is 296 g/mol. The Hall–Kier alpha value is -1.59. The summed E-state index contributed by atoms with van der Waals surface area (Å²) in [6.07, 6.45) is 0. The first-order valence-electron chi connectivity index (χ1n) is 5.77. The van der Waals surface area contributed by atoms with E-state index in [4.69, 9.17) is 17.3 Å². The van der Waals surface area contributed by atoms with Gasteiger partial charge in [0.15, 0.2) is 5.13 Å². The Morgan fingerprint density at radius 1 is 1.47 bits per heavy atom. The number of carbonyl (C=O) groups is 1. The molecule has 0 spiro atoms. The van der Waals surface area contributed by atoms with E-state index in [1.54, 1.807) is 13.0 Å². The molecule has 1 aromatic heterocycles. The summed E-state index contributed by atoms with van der Waals surface area (Å²) in [7, 11) is 0. The Bertz CT molecular complexity index is 612. The molecule has 6 heteroatoms. The number of amides is 1. The number of anilines is 1. The first-order valence-corrected chi connectivity index (χ1v) is 6.96. The highest BCUT2D eigenvalue weighted by Crippen LogP contribution is 2.24. The van der Waals surface area contributed by atoms with Crippen molar-refractivity contribution in [2.24, 2.45) is 0 Å². The second-order valence-corrected chi connectivity index (χ2v) is 5.62. The first-order chi connectivity index (χ1) is 8.99. The number of hydrogen-bond donors (Lipinski definition) is 2. The number of benzene rings is 1. The zero-order valence-corrected chi connectivity index (χ0v) is 12.2. The Labute approximate surface area is 120 Å². The fourth-order valence-corrected chi connectivity index (χ4v) is 2.83. The summed E-state index contributed by atoms with van der Waals surface area (Å²) in [5.74, 6) is -0.181. The predicted molar refractivity (Wildman–Crippen MR) is 78.6 cm³/mol. The van der Waals surface area contributed by atoms with Crippen LogP contribution in [-0.4, -0.2) is 10.9 Å². The summed E-state index contributed by atoms with van der Waals surface area (Å²) in [6.45, 7) is 3.65. The smallest absolute Gasteiger partial charge is 0.263 e. The van der Waals surface area contributed by atoms with Crippen molar-refractivity contribution >= 4 is 34.0 Å². The van der Waals surface area contributed by atoms with E-state index in [1.807, 2.05) is 25.1 Å². The maximum atomic E-state index is 12.1. The number of hydrogen-bond acceptors (Lipinski definition) is 4. The molecule has 4 nitrogen and oxygen atoms in total. The van der Waals surface area contributed by atoms with Crippen LogP contribution in [0.1, 0.15) is 33.9 Å². The fourth-order valence-electron chi connectivity index (χ4n) is 1.79. The maximum absolute atomic E-state index is 12.1. The minimum absolute atomic E-state index is 0.177. The molecule has 100 valence electrons. The van der Waals surface area contributed by atoms with Gasteiger partial charge < -0.3 is 11.1 Å². The normalized spacial score (nSPS) is 12.2. The Kier molecular flexibility index (Phi) is 4.07. The molecule has 1 amide bonds. The lowest BCUT2D eigenvalue weighted by Crippen LogP contribution is -2.26. The molecule has 0 bridgehead atoms. The van der Waals surface area contributed by atoms with E-state index in [2.05, 4.69) is 10.3 Å². The molecule has 2 rings (SSSR count). The van der Waals surface area contributed by atoms with Crippen LogP contribution in [0.5, 0.6) is 0 Å². The van der Waals surface area contributed by atoms with E-state index in [-0.39, 0.29) is 11.9 Å². The number of thiazole rings is 1. The molecule has 0 aliphatic carbocycles. The van der Waals surface area contributed by atoms with Crippen molar-refractivity contribution in [3.8, 4) is 0 Å². The Morgan fingerprint density at radius 2 is 2.16 bits per heavy atom. The van der Waals surface area contributed by atoms with Gasteiger partial charge in [0.1, 0.15) is 4.88 Å². The largest absolute Gasteiger partial charge is 0.375 e. The average Bonchev–Trinajstić information content (AvgIpc) is 2.69. The maximum Gasteiger partial charge on any atom is 0.263 e. The van der Waals surface area contributed by atoms with Gasteiger partial charge in [0, 0.05) is 5.02 Å². The number of nitrogens with two attached hydrogens (primary N) is 1. The van der Waals surface area contributed by atoms with E-state index in [1.165, 1.54) is 11.3 Å². The Morgan fingerprint density at radius 3 is 2.74 bits per heavy atom. The summed E-state index contributed by atoms with van der Waals surface area (Å²) in [4.78, 5) is 16.7. The van der Waals surface area contributed by atoms with Crippen molar-refractivity contribution < 1.29 is 4.79 Å². The van der Waals surface area contributed by atoms with Crippen molar-refractivity contribution in [2.75, 3.05) is 5.73 Å². The van der Waals surface area contributed by atoms with Crippen molar-refractivity contribution in [2.45, 2.75) is 19.9 Å². The quantitative estimate of drug-likeness (QED) is 0.914. The molecule has 1 aromatic carbocycles. The molecular formula is C13H14ClN3OS. The van der Waals surface area contributed by atoms with Crippen molar-refractivity contribution in [1.82, 2.24) is 10.3 Å². The lowest BCUT2D eigenvalue weighted by Gasteiger charge is -2.15. The molecule has 2 aromatic rings. The van der Waals surface area contributed by atoms with Crippen molar-refractivity contribution in [1.29, 1.82) is 0 Å². The number of nitrogens with zero attached hydrogens (tertiary/aromatic N) is 1. The minimum Gasteiger partial charge on any atom is -0.375 e. The molecule has 1 atom stereocenters. The second kappa shape index (κ2) is 5.59. The number of aryl methyl sites for hydroxylation is 1. The van der Waals surface area contributed by atoms with Crippen molar-refractivity contribution in [3.63, 3.8) is 0 Å². The van der Waals surface area contributed by atoms with E-state index in [0.29, 0.717) is 20.7 Å². The molecule has 1 heterocycles. The SMILES string of the molecule is Cc1nc(N)sc1C(=O)N[C@H](C)c1ccccc1Cl. The number of nitrogen functional groups attached to an aromatic ring is 1. The van der Waals surface area contributed by atoms with Gasteiger partial charge in [-0.15, -0.1) is 0 Å². The minimum atomic E-state index is -0.181. The highest BCUT2D eigenvalue weighted by Gasteiger charge is 2.18. The van der Waals surface area contributed by atoms with Crippen LogP contribution in [0.2, 0.25) is 5.02 Å². The molecule has 19 heavy (non-hydrogen) atoms. The van der Waals surface area contributed by atoms with Gasteiger partial charge in [0.05, 0.1) is 11.7 Å². The third-order valence-corrected chi connectivity index (χ3v) is 4.07. The van der Waals surface area contributed by atoms with Crippen molar-refractivity contribution in [3.05, 3.63) is 45.4 Å². The zero-order valence-electron chi connectivity index (χ0n) is 10.6. The van der Waals surface area contributed by atoms with E-state index < -0.39 is 0 Å².